The van der Waals surface area contributed by atoms with Crippen LogP contribution in [0, 0.1) is 17.8 Å². The number of hydrogen-bond donors (Lipinski definition) is 2. The molecular weight excluding hydrogens is 563 g/mol. The van der Waals surface area contributed by atoms with Gasteiger partial charge in [0.15, 0.2) is 0 Å². The van der Waals surface area contributed by atoms with Crippen LogP contribution in [0.3, 0.4) is 0 Å². The number of amides is 3. The van der Waals surface area contributed by atoms with Crippen molar-refractivity contribution in [2.75, 3.05) is 23.7 Å². The van der Waals surface area contributed by atoms with Gasteiger partial charge in [-0.3, -0.25) is 14.4 Å². The van der Waals surface area contributed by atoms with Crippen molar-refractivity contribution in [1.29, 1.82) is 0 Å². The van der Waals surface area contributed by atoms with Crippen molar-refractivity contribution < 1.29 is 14.4 Å². The van der Waals surface area contributed by atoms with E-state index < -0.39 is 0 Å². The summed E-state index contributed by atoms with van der Waals surface area (Å²) in [6.07, 6.45) is 0.260. The molecule has 1 atom stereocenters. The molecule has 0 spiro atoms. The van der Waals surface area contributed by atoms with Crippen LogP contribution in [0.4, 0.5) is 5.69 Å². The van der Waals surface area contributed by atoms with Crippen LogP contribution in [0.1, 0.15) is 71.5 Å². The topological polar surface area (TPSA) is 78.5 Å². The third kappa shape index (κ3) is 8.91. The van der Waals surface area contributed by atoms with Gasteiger partial charge in [-0.05, 0) is 54.3 Å². The summed E-state index contributed by atoms with van der Waals surface area (Å²) >= 11 is 0. The Bertz CT molecular complexity index is 1460. The number of hydrogen-bond acceptors (Lipinski definition) is 5. The fraction of sp³-hybridized carbons (Fsp3) is 0.324. The molecule has 1 heterocycles. The second kappa shape index (κ2) is 15.5. The molecule has 42 heavy (non-hydrogen) atoms. The highest BCUT2D eigenvalue weighted by atomic mass is 33.1. The van der Waals surface area contributed by atoms with Crippen molar-refractivity contribution in [2.24, 2.45) is 5.92 Å². The molecule has 218 valence electrons. The summed E-state index contributed by atoms with van der Waals surface area (Å²) < 4.78 is 0. The van der Waals surface area contributed by atoms with Gasteiger partial charge in [-0.15, -0.1) is 0 Å². The predicted molar refractivity (Wildman–Crippen MR) is 174 cm³/mol. The van der Waals surface area contributed by atoms with Gasteiger partial charge in [0.25, 0.3) is 5.91 Å². The van der Waals surface area contributed by atoms with Gasteiger partial charge in [0.1, 0.15) is 0 Å². The number of fused-ring (bicyclic) bond motifs is 2. The van der Waals surface area contributed by atoms with Crippen molar-refractivity contribution >= 4 is 45.0 Å². The number of benzene rings is 3. The van der Waals surface area contributed by atoms with E-state index in [1.54, 1.807) is 26.5 Å². The van der Waals surface area contributed by atoms with E-state index in [9.17, 15) is 14.4 Å². The fourth-order valence-electron chi connectivity index (χ4n) is 4.39. The smallest absolute Gasteiger partial charge is 0.251 e. The molecule has 0 fully saturated rings. The Morgan fingerprint density at radius 2 is 1.55 bits per heavy atom. The number of nitrogens with one attached hydrogen (secondary N) is 2. The lowest BCUT2D eigenvalue weighted by Gasteiger charge is -2.26. The quantitative estimate of drug-likeness (QED) is 0.144. The van der Waals surface area contributed by atoms with E-state index >= 15 is 0 Å². The molecule has 1 aliphatic heterocycles. The Hall–Kier alpha value is -3.67. The highest BCUT2D eigenvalue weighted by Gasteiger charge is 2.21. The number of carbonyl (C=O) groups is 3. The summed E-state index contributed by atoms with van der Waals surface area (Å²) in [5.74, 6) is 7.31. The minimum Gasteiger partial charge on any atom is -0.355 e. The standard InChI is InChI=1S/C34H37N3O3S2/c1-24(2)22-36-34(40)29-16-12-26(13-17-29)25(3)42-41-21-20-35-32(38)18-19-33(39)37-23-30-10-5-4-8-27(30)14-15-28-9-6-7-11-31(28)37/h4-13,16-17,24-25H,18-23H2,1-3H3,(H,35,38)(H,36,40). The molecule has 0 radical (unpaired) electrons. The lowest BCUT2D eigenvalue weighted by atomic mass is 10.0. The molecule has 6 nitrogen and oxygen atoms in total. The number of para-hydroxylation sites is 1. The molecule has 0 saturated heterocycles. The zero-order chi connectivity index (χ0) is 29.9. The first-order chi connectivity index (χ1) is 20.3. The maximum Gasteiger partial charge on any atom is 0.251 e. The van der Waals surface area contributed by atoms with Crippen LogP contribution in [0.5, 0.6) is 0 Å². The van der Waals surface area contributed by atoms with Crippen molar-refractivity contribution in [2.45, 2.75) is 45.4 Å². The van der Waals surface area contributed by atoms with Crippen LogP contribution < -0.4 is 15.5 Å². The van der Waals surface area contributed by atoms with Crippen LogP contribution in [-0.2, 0) is 16.1 Å². The van der Waals surface area contributed by atoms with Gasteiger partial charge < -0.3 is 15.5 Å². The maximum atomic E-state index is 13.3. The van der Waals surface area contributed by atoms with Crippen molar-refractivity contribution in [3.05, 3.63) is 101 Å². The first-order valence-corrected chi connectivity index (χ1v) is 16.6. The summed E-state index contributed by atoms with van der Waals surface area (Å²) in [6.45, 7) is 7.88. The van der Waals surface area contributed by atoms with E-state index in [2.05, 4.69) is 43.2 Å². The van der Waals surface area contributed by atoms with E-state index in [-0.39, 0.29) is 35.8 Å². The molecule has 0 aromatic heterocycles. The SMILES string of the molecule is CC(C)CNC(=O)c1ccc(C(C)SSCCNC(=O)CCC(=O)N2Cc3ccccc3C#Cc3ccccc32)cc1. The van der Waals surface area contributed by atoms with Gasteiger partial charge in [-0.2, -0.15) is 0 Å². The van der Waals surface area contributed by atoms with Gasteiger partial charge in [0.2, 0.25) is 11.8 Å². The number of anilines is 1. The molecular formula is C34H37N3O3S2. The second-order valence-corrected chi connectivity index (χ2v) is 13.4. The van der Waals surface area contributed by atoms with Gasteiger partial charge in [0.05, 0.1) is 12.2 Å². The summed E-state index contributed by atoms with van der Waals surface area (Å²) in [5, 5.41) is 6.12. The Kier molecular flexibility index (Phi) is 11.6. The first kappa shape index (κ1) is 31.3. The lowest BCUT2D eigenvalue weighted by molar-refractivity contribution is -0.125. The van der Waals surface area contributed by atoms with E-state index in [0.717, 1.165) is 33.7 Å². The van der Waals surface area contributed by atoms with Gasteiger partial charge in [0, 0.05) is 53.6 Å². The zero-order valence-corrected chi connectivity index (χ0v) is 25.9. The summed E-state index contributed by atoms with van der Waals surface area (Å²) in [4.78, 5) is 39.8. The van der Waals surface area contributed by atoms with Crippen LogP contribution in [0.2, 0.25) is 0 Å². The van der Waals surface area contributed by atoms with E-state index in [1.165, 1.54) is 0 Å². The van der Waals surface area contributed by atoms with E-state index in [0.29, 0.717) is 31.1 Å². The highest BCUT2D eigenvalue weighted by molar-refractivity contribution is 8.76. The molecule has 8 heteroatoms. The zero-order valence-electron chi connectivity index (χ0n) is 24.3. The van der Waals surface area contributed by atoms with Crippen LogP contribution >= 0.6 is 21.6 Å². The molecule has 0 saturated carbocycles. The summed E-state index contributed by atoms with van der Waals surface area (Å²) in [6, 6.07) is 23.2. The Morgan fingerprint density at radius 3 is 2.31 bits per heavy atom. The molecule has 2 N–H and O–H groups in total. The minimum absolute atomic E-state index is 0.0475. The van der Waals surface area contributed by atoms with Crippen LogP contribution in [-0.4, -0.2) is 36.6 Å². The molecule has 0 aliphatic carbocycles. The Labute approximate surface area is 256 Å². The number of carbonyl (C=O) groups excluding carboxylic acids is 3. The number of rotatable bonds is 12. The lowest BCUT2D eigenvalue weighted by Crippen LogP contribution is -2.33. The maximum absolute atomic E-state index is 13.3. The third-order valence-corrected chi connectivity index (χ3v) is 9.61. The Balaban J connectivity index is 1.19. The fourth-order valence-corrected chi connectivity index (χ4v) is 6.63. The average molecular weight is 600 g/mol. The summed E-state index contributed by atoms with van der Waals surface area (Å²) in [5.41, 5.74) is 5.29. The monoisotopic (exact) mass is 599 g/mol. The van der Waals surface area contributed by atoms with Gasteiger partial charge >= 0.3 is 0 Å². The molecule has 4 rings (SSSR count). The highest BCUT2D eigenvalue weighted by Crippen LogP contribution is 2.37. The first-order valence-electron chi connectivity index (χ1n) is 14.2. The molecule has 3 aromatic rings. The molecule has 1 unspecified atom stereocenters. The predicted octanol–water partition coefficient (Wildman–Crippen LogP) is 6.36. The molecule has 3 amide bonds. The van der Waals surface area contributed by atoms with Gasteiger partial charge in [-0.25, -0.2) is 0 Å². The third-order valence-electron chi connectivity index (χ3n) is 6.77. The normalized spacial score (nSPS) is 12.6. The average Bonchev–Trinajstić information content (AvgIpc) is 2.99. The van der Waals surface area contributed by atoms with E-state index in [1.807, 2.05) is 72.8 Å². The van der Waals surface area contributed by atoms with Crippen LogP contribution in [0.15, 0.2) is 72.8 Å². The van der Waals surface area contributed by atoms with Crippen molar-refractivity contribution in [1.82, 2.24) is 10.6 Å². The Morgan fingerprint density at radius 1 is 0.857 bits per heavy atom. The number of nitrogens with zero attached hydrogens (tertiary/aromatic N) is 1. The van der Waals surface area contributed by atoms with E-state index in [4.69, 9.17) is 0 Å². The van der Waals surface area contributed by atoms with Crippen LogP contribution in [0.25, 0.3) is 0 Å². The minimum atomic E-state index is -0.131. The molecule has 3 aromatic carbocycles. The largest absolute Gasteiger partial charge is 0.355 e. The molecule has 0 bridgehead atoms. The van der Waals surface area contributed by atoms with Gasteiger partial charge in [-0.1, -0.05) is 89.7 Å². The second-order valence-electron chi connectivity index (χ2n) is 10.5. The molecule has 1 aliphatic rings. The summed E-state index contributed by atoms with van der Waals surface area (Å²) in [7, 11) is 3.42. The van der Waals surface area contributed by atoms with Crippen molar-refractivity contribution in [3.63, 3.8) is 0 Å². The van der Waals surface area contributed by atoms with Crippen molar-refractivity contribution in [3.8, 4) is 11.8 Å².